The van der Waals surface area contributed by atoms with Gasteiger partial charge in [-0.05, 0) is 59.1 Å². The van der Waals surface area contributed by atoms with Crippen molar-refractivity contribution in [3.05, 3.63) is 113 Å². The summed E-state index contributed by atoms with van der Waals surface area (Å²) in [6, 6.07) is 26.1. The molecule has 6 rings (SSSR count). The molecule has 0 fully saturated rings. The predicted molar refractivity (Wildman–Crippen MR) is 164 cm³/mol. The lowest BCUT2D eigenvalue weighted by Gasteiger charge is -2.18. The fourth-order valence-corrected chi connectivity index (χ4v) is 5.69. The van der Waals surface area contributed by atoms with E-state index in [1.165, 1.54) is 0 Å². The van der Waals surface area contributed by atoms with Crippen LogP contribution in [0.15, 0.2) is 89.5 Å². The van der Waals surface area contributed by atoms with Crippen molar-refractivity contribution in [3.8, 4) is 39.6 Å². The average molecular weight is 543 g/mol. The number of aryl methyl sites for hydroxylation is 3. The molecule has 0 saturated heterocycles. The van der Waals surface area contributed by atoms with Gasteiger partial charge >= 0.3 is 0 Å². The first-order chi connectivity index (χ1) is 20.8. The van der Waals surface area contributed by atoms with Crippen LogP contribution in [0.1, 0.15) is 47.1 Å². The summed E-state index contributed by atoms with van der Waals surface area (Å²) in [5.74, 6) is -0.290. The normalized spacial score (nSPS) is 13.1. The van der Waals surface area contributed by atoms with Crippen LogP contribution in [0.4, 0.5) is 4.39 Å². The summed E-state index contributed by atoms with van der Waals surface area (Å²) in [6.45, 7) is 5.51. The van der Waals surface area contributed by atoms with Crippen LogP contribution in [-0.4, -0.2) is 0 Å². The van der Waals surface area contributed by atoms with E-state index in [4.69, 9.17) is 8.53 Å². The monoisotopic (exact) mass is 542 g/mol. The van der Waals surface area contributed by atoms with Gasteiger partial charge in [-0.3, -0.25) is 0 Å². The molecular weight excluding hydrogens is 507 g/mol. The van der Waals surface area contributed by atoms with Crippen LogP contribution in [0.3, 0.4) is 0 Å². The van der Waals surface area contributed by atoms with Gasteiger partial charge in [-0.25, -0.2) is 8.96 Å². The minimum absolute atomic E-state index is 0.191. The number of halogens is 1. The third-order valence-electron chi connectivity index (χ3n) is 7.82. The van der Waals surface area contributed by atoms with Gasteiger partial charge < -0.3 is 4.42 Å². The summed E-state index contributed by atoms with van der Waals surface area (Å²) in [6.07, 6.45) is 1.83. The maximum atomic E-state index is 15.5. The van der Waals surface area contributed by atoms with Gasteiger partial charge in [0.2, 0.25) is 5.69 Å². The number of benzene rings is 4. The van der Waals surface area contributed by atoms with E-state index >= 15 is 4.39 Å². The smallest absolute Gasteiger partial charge is 0.219 e. The minimum atomic E-state index is -2.39. The largest absolute Gasteiger partial charge is 0.454 e. The Balaban J connectivity index is 1.64. The van der Waals surface area contributed by atoms with Gasteiger partial charge in [-0.15, -0.1) is 0 Å². The Kier molecular flexibility index (Phi) is 5.45. The summed E-state index contributed by atoms with van der Waals surface area (Å²) in [5, 5.41) is 11.8. The number of pyridine rings is 1. The van der Waals surface area contributed by atoms with E-state index in [0.717, 1.165) is 27.5 Å². The predicted octanol–water partition coefficient (Wildman–Crippen LogP) is 9.34. The Hall–Kier alpha value is -4.75. The van der Waals surface area contributed by atoms with Crippen LogP contribution in [0.2, 0.25) is 0 Å². The lowest BCUT2D eigenvalue weighted by molar-refractivity contribution is -0.661. The second-order valence-electron chi connectivity index (χ2n) is 11.6. The summed E-state index contributed by atoms with van der Waals surface area (Å²) in [5.41, 5.74) is 6.68. The highest BCUT2D eigenvalue weighted by atomic mass is 19.1. The Morgan fingerprint density at radius 1 is 0.854 bits per heavy atom. The van der Waals surface area contributed by atoms with E-state index < -0.39 is 6.85 Å². The molecular formula is C37H32FN2O+. The van der Waals surface area contributed by atoms with Gasteiger partial charge in [0, 0.05) is 26.5 Å². The van der Waals surface area contributed by atoms with Crippen LogP contribution in [0.5, 0.6) is 0 Å². The third kappa shape index (κ3) is 4.39. The summed E-state index contributed by atoms with van der Waals surface area (Å²) in [4.78, 5) is 0. The number of hydrogen-bond donors (Lipinski definition) is 0. The fraction of sp³-hybridized carbons (Fsp3) is 0.189. The second-order valence-corrected chi connectivity index (χ2v) is 11.6. The van der Waals surface area contributed by atoms with Gasteiger partial charge in [0.15, 0.2) is 6.20 Å². The molecule has 41 heavy (non-hydrogen) atoms. The second kappa shape index (κ2) is 9.71. The molecule has 0 unspecified atom stereocenters. The molecule has 3 nitrogen and oxygen atoms in total. The molecule has 202 valence electrons. The van der Waals surface area contributed by atoms with Gasteiger partial charge in [0.05, 0.1) is 22.8 Å². The molecule has 0 radical (unpaired) electrons. The van der Waals surface area contributed by atoms with Crippen molar-refractivity contribution in [2.24, 2.45) is 7.05 Å². The van der Waals surface area contributed by atoms with E-state index in [1.54, 1.807) is 24.3 Å². The van der Waals surface area contributed by atoms with Crippen LogP contribution < -0.4 is 4.57 Å². The van der Waals surface area contributed by atoms with Crippen molar-refractivity contribution in [1.29, 1.82) is 5.26 Å². The summed E-state index contributed by atoms with van der Waals surface area (Å²) < 4.78 is 49.0. The first-order valence-electron chi connectivity index (χ1n) is 15.1. The number of rotatable bonds is 3. The number of aromatic nitrogens is 1. The van der Waals surface area contributed by atoms with Crippen molar-refractivity contribution in [1.82, 2.24) is 0 Å². The quantitative estimate of drug-likeness (QED) is 0.209. The van der Waals surface area contributed by atoms with E-state index in [0.29, 0.717) is 44.7 Å². The van der Waals surface area contributed by atoms with Crippen molar-refractivity contribution in [2.75, 3.05) is 0 Å². The molecule has 0 aliphatic rings. The maximum Gasteiger partial charge on any atom is 0.219 e. The SMILES string of the molecule is [2H]C([2H])([2H])c1cc(-c2c(C#N)ccc3c2oc2c(-c4cc(F)c(C(C)(C)C)c[n+]4C)c(C)ccc23)ccc1-c1ccccc1. The van der Waals surface area contributed by atoms with Crippen molar-refractivity contribution < 1.29 is 17.5 Å². The number of furan rings is 1. The van der Waals surface area contributed by atoms with Crippen molar-refractivity contribution in [2.45, 2.75) is 40.0 Å². The molecule has 6 aromatic rings. The standard InChI is InChI=1S/C37H32FN2O/c1-22-12-15-28-29-17-14-26(20-39)34(25-13-16-27(23(2)18-25)24-10-8-7-9-11-24)36(29)41-35(28)33(22)32-19-31(38)30(21-40(32)6)37(3,4)5/h7-19,21H,1-6H3/q+1/i2D3. The van der Waals surface area contributed by atoms with E-state index in [9.17, 15) is 5.26 Å². The molecule has 2 heterocycles. The molecule has 4 heteroatoms. The number of hydrogen-bond acceptors (Lipinski definition) is 2. The molecule has 0 spiro atoms. The van der Waals surface area contributed by atoms with Crippen LogP contribution in [-0.2, 0) is 12.5 Å². The molecule has 0 aliphatic carbocycles. The van der Waals surface area contributed by atoms with Crippen molar-refractivity contribution in [3.63, 3.8) is 0 Å². The highest BCUT2D eigenvalue weighted by molar-refractivity contribution is 6.14. The number of nitriles is 1. The zero-order chi connectivity index (χ0) is 31.6. The van der Waals surface area contributed by atoms with Crippen LogP contribution in [0, 0.1) is 30.9 Å². The van der Waals surface area contributed by atoms with Gasteiger partial charge in [0.1, 0.15) is 24.0 Å². The van der Waals surface area contributed by atoms with Gasteiger partial charge in [-0.1, -0.05) is 81.4 Å². The topological polar surface area (TPSA) is 40.8 Å². The summed E-state index contributed by atoms with van der Waals surface area (Å²) in [7, 11) is 1.90. The third-order valence-corrected chi connectivity index (χ3v) is 7.82. The molecule has 4 aromatic carbocycles. The van der Waals surface area contributed by atoms with E-state index in [1.807, 2.05) is 100 Å². The van der Waals surface area contributed by atoms with Crippen molar-refractivity contribution >= 4 is 21.9 Å². The average Bonchev–Trinajstić information content (AvgIpc) is 3.35. The molecule has 2 aromatic heterocycles. The van der Waals surface area contributed by atoms with E-state index in [-0.39, 0.29) is 16.8 Å². The lowest BCUT2D eigenvalue weighted by Crippen LogP contribution is -2.34. The van der Waals surface area contributed by atoms with E-state index in [2.05, 4.69) is 6.07 Å². The Morgan fingerprint density at radius 3 is 2.24 bits per heavy atom. The molecule has 0 saturated carbocycles. The highest BCUT2D eigenvalue weighted by Crippen LogP contribution is 2.43. The minimum Gasteiger partial charge on any atom is -0.454 e. The number of fused-ring (bicyclic) bond motifs is 3. The Morgan fingerprint density at radius 2 is 1.56 bits per heavy atom. The fourth-order valence-electron chi connectivity index (χ4n) is 5.69. The van der Waals surface area contributed by atoms with Gasteiger partial charge in [0.25, 0.3) is 0 Å². The molecule has 0 atom stereocenters. The molecule has 0 amide bonds. The molecule has 0 aliphatic heterocycles. The number of nitrogens with zero attached hydrogens (tertiary/aromatic N) is 2. The van der Waals surface area contributed by atoms with Crippen LogP contribution >= 0.6 is 0 Å². The highest BCUT2D eigenvalue weighted by Gasteiger charge is 2.28. The zero-order valence-electron chi connectivity index (χ0n) is 26.8. The van der Waals surface area contributed by atoms with Crippen LogP contribution in [0.25, 0.3) is 55.4 Å². The Labute approximate surface area is 244 Å². The zero-order valence-corrected chi connectivity index (χ0v) is 23.8. The first kappa shape index (κ1) is 23.0. The molecule has 0 N–H and O–H groups in total. The van der Waals surface area contributed by atoms with Gasteiger partial charge in [-0.2, -0.15) is 5.26 Å². The maximum absolute atomic E-state index is 15.5. The Bertz CT molecular complexity index is 2130. The lowest BCUT2D eigenvalue weighted by atomic mass is 9.87. The summed E-state index contributed by atoms with van der Waals surface area (Å²) >= 11 is 0. The first-order valence-corrected chi connectivity index (χ1v) is 13.6. The molecule has 0 bridgehead atoms.